The molecular formula is C19H20ClN3O5S2. The maximum atomic E-state index is 12.9. The molecule has 3 N–H and O–H groups in total. The number of carbonyl (C=O) groups is 1. The lowest BCUT2D eigenvalue weighted by molar-refractivity contribution is 0.102. The van der Waals surface area contributed by atoms with Crippen LogP contribution < -0.4 is 10.0 Å². The van der Waals surface area contributed by atoms with Crippen molar-refractivity contribution in [2.75, 3.05) is 10.0 Å². The Balaban J connectivity index is 1.94. The molecule has 160 valence electrons. The highest BCUT2D eigenvalue weighted by Gasteiger charge is 2.27. The van der Waals surface area contributed by atoms with E-state index >= 15 is 0 Å². The number of halogens is 1. The molecule has 0 aliphatic rings. The SMILES string of the molecule is Cc1cc(C)c(NC(=O)c2sccc2S(=O)(=O)Nc2onc(C)c2Cl)c(C(C)O)c1. The van der Waals surface area contributed by atoms with Gasteiger partial charge in [0.1, 0.15) is 20.5 Å². The Morgan fingerprint density at radius 3 is 2.60 bits per heavy atom. The Morgan fingerprint density at radius 2 is 2.00 bits per heavy atom. The Morgan fingerprint density at radius 1 is 1.30 bits per heavy atom. The van der Waals surface area contributed by atoms with Crippen LogP contribution in [0.2, 0.25) is 5.02 Å². The lowest BCUT2D eigenvalue weighted by Crippen LogP contribution is -2.19. The van der Waals surface area contributed by atoms with Crippen LogP contribution in [-0.2, 0) is 10.0 Å². The molecule has 0 spiro atoms. The number of aliphatic hydroxyl groups is 1. The third-order valence-corrected chi connectivity index (χ3v) is 7.20. The number of aromatic nitrogens is 1. The predicted octanol–water partition coefficient (Wildman–Crippen LogP) is 4.42. The van der Waals surface area contributed by atoms with Gasteiger partial charge in [0.25, 0.3) is 21.8 Å². The van der Waals surface area contributed by atoms with Crippen molar-refractivity contribution in [1.29, 1.82) is 0 Å². The minimum Gasteiger partial charge on any atom is -0.389 e. The van der Waals surface area contributed by atoms with Crippen LogP contribution in [0.3, 0.4) is 0 Å². The van der Waals surface area contributed by atoms with E-state index in [4.69, 9.17) is 16.1 Å². The van der Waals surface area contributed by atoms with Crippen molar-refractivity contribution in [3.63, 3.8) is 0 Å². The van der Waals surface area contributed by atoms with Gasteiger partial charge in [0.15, 0.2) is 0 Å². The van der Waals surface area contributed by atoms with Gasteiger partial charge in [-0.25, -0.2) is 13.1 Å². The minimum atomic E-state index is -4.16. The van der Waals surface area contributed by atoms with E-state index in [-0.39, 0.29) is 20.7 Å². The third kappa shape index (κ3) is 4.36. The van der Waals surface area contributed by atoms with Crippen LogP contribution in [0.4, 0.5) is 11.6 Å². The van der Waals surface area contributed by atoms with E-state index in [1.807, 2.05) is 13.0 Å². The molecule has 1 atom stereocenters. The van der Waals surface area contributed by atoms with Gasteiger partial charge < -0.3 is 14.9 Å². The standard InChI is InChI=1S/C19H20ClN3O5S2/c1-9-7-10(2)16(13(8-9)12(4)24)21-18(25)17-14(5-6-29-17)30(26,27)23-19-15(20)11(3)22-28-19/h5-8,12,23-24H,1-4H3,(H,21,25). The van der Waals surface area contributed by atoms with Crippen LogP contribution >= 0.6 is 22.9 Å². The van der Waals surface area contributed by atoms with Crippen LogP contribution in [0.15, 0.2) is 33.0 Å². The molecule has 0 saturated carbocycles. The highest BCUT2D eigenvalue weighted by atomic mass is 35.5. The van der Waals surface area contributed by atoms with Gasteiger partial charge in [0.05, 0.1) is 6.10 Å². The largest absolute Gasteiger partial charge is 0.389 e. The quantitative estimate of drug-likeness (QED) is 0.491. The minimum absolute atomic E-state index is 0.0219. The number of hydrogen-bond donors (Lipinski definition) is 3. The van der Waals surface area contributed by atoms with Crippen molar-refractivity contribution >= 4 is 50.4 Å². The number of nitrogens with one attached hydrogen (secondary N) is 2. The number of thiophene rings is 1. The Labute approximate surface area is 182 Å². The van der Waals surface area contributed by atoms with Gasteiger partial charge in [-0.3, -0.25) is 4.79 Å². The van der Waals surface area contributed by atoms with Gasteiger partial charge in [-0.2, -0.15) is 0 Å². The van der Waals surface area contributed by atoms with E-state index in [1.54, 1.807) is 26.8 Å². The molecule has 11 heteroatoms. The van der Waals surface area contributed by atoms with Crippen molar-refractivity contribution < 1.29 is 22.8 Å². The monoisotopic (exact) mass is 469 g/mol. The average Bonchev–Trinajstić information content (AvgIpc) is 3.26. The van der Waals surface area contributed by atoms with Crippen LogP contribution in [0, 0.1) is 20.8 Å². The summed E-state index contributed by atoms with van der Waals surface area (Å²) in [4.78, 5) is 12.7. The number of benzene rings is 1. The summed E-state index contributed by atoms with van der Waals surface area (Å²) < 4.78 is 32.7. The Kier molecular flexibility index (Phi) is 6.23. The number of aliphatic hydroxyl groups excluding tert-OH is 1. The Hall–Kier alpha value is -2.40. The lowest BCUT2D eigenvalue weighted by Gasteiger charge is -2.17. The molecule has 1 amide bonds. The molecule has 30 heavy (non-hydrogen) atoms. The molecule has 0 aliphatic heterocycles. The van der Waals surface area contributed by atoms with Crippen molar-refractivity contribution in [2.24, 2.45) is 0 Å². The number of rotatable bonds is 6. The van der Waals surface area contributed by atoms with Gasteiger partial charge in [-0.05, 0) is 44.7 Å². The molecule has 2 heterocycles. The summed E-state index contributed by atoms with van der Waals surface area (Å²) in [6, 6.07) is 4.95. The highest BCUT2D eigenvalue weighted by Crippen LogP contribution is 2.32. The van der Waals surface area contributed by atoms with Crippen LogP contribution in [-0.4, -0.2) is 24.6 Å². The fourth-order valence-corrected chi connectivity index (χ4v) is 5.44. The molecule has 0 aliphatic carbocycles. The van der Waals surface area contributed by atoms with E-state index in [1.165, 1.54) is 11.4 Å². The molecule has 0 bridgehead atoms. The van der Waals surface area contributed by atoms with Crippen LogP contribution in [0.5, 0.6) is 0 Å². The second-order valence-corrected chi connectivity index (χ2v) is 9.75. The van der Waals surface area contributed by atoms with E-state index in [0.29, 0.717) is 16.9 Å². The number of amides is 1. The van der Waals surface area contributed by atoms with Gasteiger partial charge in [-0.1, -0.05) is 34.5 Å². The van der Waals surface area contributed by atoms with E-state index in [9.17, 15) is 18.3 Å². The summed E-state index contributed by atoms with van der Waals surface area (Å²) in [5.74, 6) is -0.837. The van der Waals surface area contributed by atoms with E-state index in [2.05, 4.69) is 15.2 Å². The zero-order valence-corrected chi connectivity index (χ0v) is 19.0. The lowest BCUT2D eigenvalue weighted by atomic mass is 10.0. The topological polar surface area (TPSA) is 122 Å². The maximum Gasteiger partial charge on any atom is 0.267 e. The first-order chi connectivity index (χ1) is 14.0. The third-order valence-electron chi connectivity index (χ3n) is 4.34. The number of hydrogen-bond acceptors (Lipinski definition) is 7. The molecule has 3 aromatic rings. The molecule has 0 fully saturated rings. The first-order valence-corrected chi connectivity index (χ1v) is 11.6. The molecule has 0 radical (unpaired) electrons. The molecule has 2 aromatic heterocycles. The van der Waals surface area contributed by atoms with Gasteiger partial charge >= 0.3 is 0 Å². The average molecular weight is 470 g/mol. The van der Waals surface area contributed by atoms with Crippen molar-refractivity contribution in [1.82, 2.24) is 5.16 Å². The second kappa shape index (κ2) is 8.38. The summed E-state index contributed by atoms with van der Waals surface area (Å²) >= 11 is 6.95. The first-order valence-electron chi connectivity index (χ1n) is 8.84. The normalized spacial score (nSPS) is 12.6. The number of carbonyl (C=O) groups excluding carboxylic acids is 1. The molecule has 1 unspecified atom stereocenters. The highest BCUT2D eigenvalue weighted by molar-refractivity contribution is 7.93. The molecule has 8 nitrogen and oxygen atoms in total. The zero-order chi connectivity index (χ0) is 22.2. The molecule has 1 aromatic carbocycles. The van der Waals surface area contributed by atoms with Gasteiger partial charge in [-0.15, -0.1) is 11.3 Å². The predicted molar refractivity (Wildman–Crippen MR) is 116 cm³/mol. The van der Waals surface area contributed by atoms with Crippen molar-refractivity contribution in [2.45, 2.75) is 38.7 Å². The molecule has 0 saturated heterocycles. The van der Waals surface area contributed by atoms with Crippen molar-refractivity contribution in [3.8, 4) is 0 Å². The van der Waals surface area contributed by atoms with Crippen molar-refractivity contribution in [3.05, 3.63) is 55.9 Å². The Bertz CT molecular complexity index is 1210. The van der Waals surface area contributed by atoms with Gasteiger partial charge in [0.2, 0.25) is 0 Å². The second-order valence-electron chi connectivity index (χ2n) is 6.81. The number of anilines is 2. The smallest absolute Gasteiger partial charge is 0.267 e. The summed E-state index contributed by atoms with van der Waals surface area (Å²) in [5, 5.41) is 18.0. The van der Waals surface area contributed by atoms with E-state index < -0.39 is 22.0 Å². The zero-order valence-electron chi connectivity index (χ0n) is 16.6. The fraction of sp³-hybridized carbons (Fsp3) is 0.263. The number of sulfonamides is 1. The summed E-state index contributed by atoms with van der Waals surface area (Å²) in [5.41, 5.74) is 3.01. The maximum absolute atomic E-state index is 12.9. The first kappa shape index (κ1) is 22.3. The fourth-order valence-electron chi connectivity index (χ4n) is 2.94. The van der Waals surface area contributed by atoms with E-state index in [0.717, 1.165) is 22.5 Å². The summed E-state index contributed by atoms with van der Waals surface area (Å²) in [6.45, 7) is 6.85. The molecule has 3 rings (SSSR count). The van der Waals surface area contributed by atoms with Crippen LogP contribution in [0.1, 0.15) is 45.1 Å². The molecular weight excluding hydrogens is 450 g/mol. The number of nitrogens with zero attached hydrogens (tertiary/aromatic N) is 1. The number of aryl methyl sites for hydroxylation is 3. The van der Waals surface area contributed by atoms with Gasteiger partial charge in [0, 0.05) is 11.3 Å². The van der Waals surface area contributed by atoms with Crippen LogP contribution in [0.25, 0.3) is 0 Å². The summed E-state index contributed by atoms with van der Waals surface area (Å²) in [7, 11) is -4.16. The summed E-state index contributed by atoms with van der Waals surface area (Å²) in [6.07, 6.45) is -0.816.